The molecule has 70 valence electrons. The number of nitrogens with zero attached hydrogens (tertiary/aromatic N) is 1. The van der Waals surface area contributed by atoms with Gasteiger partial charge in [0.2, 0.25) is 5.70 Å². The maximum Gasteiger partial charge on any atom is 0.242 e. The van der Waals surface area contributed by atoms with Gasteiger partial charge in [0.05, 0.1) is 4.92 Å². The average Bonchev–Trinajstić information content (AvgIpc) is 2.03. The Morgan fingerprint density at radius 3 is 2.50 bits per heavy atom. The molecule has 0 aliphatic heterocycles. The Hall–Kier alpha value is -0.860. The molecule has 0 heterocycles. The van der Waals surface area contributed by atoms with E-state index in [1.165, 1.54) is 0 Å². The number of allylic oxidation sites excluding steroid dienone is 2. The molecule has 0 saturated carbocycles. The third-order valence-electron chi connectivity index (χ3n) is 1.68. The lowest BCUT2D eigenvalue weighted by Crippen LogP contribution is -1.97. The Labute approximate surface area is 73.6 Å². The van der Waals surface area contributed by atoms with Gasteiger partial charge in [-0.2, -0.15) is 0 Å². The molecule has 12 heavy (non-hydrogen) atoms. The molecule has 3 nitrogen and oxygen atoms in total. The van der Waals surface area contributed by atoms with Gasteiger partial charge in [-0.1, -0.05) is 20.3 Å². The van der Waals surface area contributed by atoms with Crippen molar-refractivity contribution >= 4 is 0 Å². The lowest BCUT2D eigenvalue weighted by molar-refractivity contribution is -0.428. The topological polar surface area (TPSA) is 43.1 Å². The number of hydrogen-bond acceptors (Lipinski definition) is 2. The minimum absolute atomic E-state index is 0.265. The Bertz CT molecular complexity index is 164. The second-order valence-corrected chi connectivity index (χ2v) is 2.84. The maximum absolute atomic E-state index is 10.4. The summed E-state index contributed by atoms with van der Waals surface area (Å²) in [4.78, 5) is 10.2. The summed E-state index contributed by atoms with van der Waals surface area (Å²) in [6, 6.07) is 0. The molecule has 0 N–H and O–H groups in total. The monoisotopic (exact) mass is 171 g/mol. The van der Waals surface area contributed by atoms with E-state index >= 15 is 0 Å². The van der Waals surface area contributed by atoms with E-state index in [1.807, 2.05) is 6.92 Å². The Balaban J connectivity index is 3.90. The van der Waals surface area contributed by atoms with E-state index in [9.17, 15) is 10.1 Å². The molecule has 0 aliphatic rings. The molecule has 0 aromatic rings. The Kier molecular flexibility index (Phi) is 6.34. The zero-order valence-electron chi connectivity index (χ0n) is 7.88. The van der Waals surface area contributed by atoms with Gasteiger partial charge in [-0.15, -0.1) is 0 Å². The predicted octanol–water partition coefficient (Wildman–Crippen LogP) is 3.14. The molecule has 0 bridgehead atoms. The maximum atomic E-state index is 10.4. The standard InChI is InChI=1S/C9H17NO2/c1-3-5-6-8-9(7-4-2)10(11)12/h8H,3-7H2,1-2H3. The van der Waals surface area contributed by atoms with Crippen molar-refractivity contribution < 1.29 is 4.92 Å². The van der Waals surface area contributed by atoms with Crippen molar-refractivity contribution in [3.63, 3.8) is 0 Å². The quantitative estimate of drug-likeness (QED) is 0.350. The second-order valence-electron chi connectivity index (χ2n) is 2.84. The van der Waals surface area contributed by atoms with Gasteiger partial charge in [-0.25, -0.2) is 0 Å². The molecule has 0 fully saturated rings. The average molecular weight is 171 g/mol. The first-order valence-corrected chi connectivity index (χ1v) is 4.55. The molecular formula is C9H17NO2. The van der Waals surface area contributed by atoms with Crippen molar-refractivity contribution in [1.29, 1.82) is 0 Å². The molecule has 0 aromatic carbocycles. The molecule has 0 amide bonds. The van der Waals surface area contributed by atoms with Crippen molar-refractivity contribution in [2.45, 2.75) is 46.0 Å². The van der Waals surface area contributed by atoms with E-state index in [4.69, 9.17) is 0 Å². The van der Waals surface area contributed by atoms with Crippen molar-refractivity contribution in [3.05, 3.63) is 21.9 Å². The van der Waals surface area contributed by atoms with Gasteiger partial charge in [0.15, 0.2) is 0 Å². The number of unbranched alkanes of at least 4 members (excludes halogenated alkanes) is 2. The van der Waals surface area contributed by atoms with Crippen LogP contribution >= 0.6 is 0 Å². The van der Waals surface area contributed by atoms with Crippen molar-refractivity contribution in [1.82, 2.24) is 0 Å². The fourth-order valence-electron chi connectivity index (χ4n) is 0.997. The van der Waals surface area contributed by atoms with E-state index in [-0.39, 0.29) is 4.92 Å². The molecule has 0 rings (SSSR count). The molecule has 0 radical (unpaired) electrons. The van der Waals surface area contributed by atoms with Gasteiger partial charge >= 0.3 is 0 Å². The molecule has 3 heteroatoms. The van der Waals surface area contributed by atoms with Crippen LogP contribution in [0, 0.1) is 10.1 Å². The lowest BCUT2D eigenvalue weighted by atomic mass is 10.2. The van der Waals surface area contributed by atoms with Crippen LogP contribution in [0.4, 0.5) is 0 Å². The largest absolute Gasteiger partial charge is 0.259 e. The molecule has 0 aliphatic carbocycles. The highest BCUT2D eigenvalue weighted by molar-refractivity contribution is 4.90. The van der Waals surface area contributed by atoms with E-state index in [1.54, 1.807) is 6.08 Å². The predicted molar refractivity (Wildman–Crippen MR) is 49.5 cm³/mol. The summed E-state index contributed by atoms with van der Waals surface area (Å²) < 4.78 is 0. The molecule has 0 atom stereocenters. The zero-order chi connectivity index (χ0) is 9.40. The Morgan fingerprint density at radius 2 is 2.08 bits per heavy atom. The molecule has 0 saturated heterocycles. The van der Waals surface area contributed by atoms with Gasteiger partial charge < -0.3 is 0 Å². The summed E-state index contributed by atoms with van der Waals surface area (Å²) in [6.45, 7) is 4.04. The van der Waals surface area contributed by atoms with Gasteiger partial charge in [-0.3, -0.25) is 10.1 Å². The third-order valence-corrected chi connectivity index (χ3v) is 1.68. The summed E-state index contributed by atoms with van der Waals surface area (Å²) >= 11 is 0. The van der Waals surface area contributed by atoms with Gasteiger partial charge in [0, 0.05) is 6.42 Å². The van der Waals surface area contributed by atoms with Gasteiger partial charge in [-0.05, 0) is 25.3 Å². The normalized spacial score (nSPS) is 11.7. The van der Waals surface area contributed by atoms with Crippen LogP contribution < -0.4 is 0 Å². The van der Waals surface area contributed by atoms with Crippen LogP contribution in [0.25, 0.3) is 0 Å². The second kappa shape index (κ2) is 6.83. The minimum Gasteiger partial charge on any atom is -0.259 e. The highest BCUT2D eigenvalue weighted by Gasteiger charge is 2.06. The zero-order valence-corrected chi connectivity index (χ0v) is 7.88. The van der Waals surface area contributed by atoms with Crippen molar-refractivity contribution in [2.75, 3.05) is 0 Å². The lowest BCUT2D eigenvalue weighted by Gasteiger charge is -1.95. The minimum atomic E-state index is -0.265. The smallest absolute Gasteiger partial charge is 0.242 e. The molecule has 0 unspecified atom stereocenters. The summed E-state index contributed by atoms with van der Waals surface area (Å²) in [5.41, 5.74) is 0.381. The molecular weight excluding hydrogens is 154 g/mol. The van der Waals surface area contributed by atoms with Crippen molar-refractivity contribution in [3.8, 4) is 0 Å². The van der Waals surface area contributed by atoms with Crippen LogP contribution in [0.3, 0.4) is 0 Å². The first-order chi connectivity index (χ1) is 5.72. The van der Waals surface area contributed by atoms with E-state index in [0.29, 0.717) is 12.1 Å². The van der Waals surface area contributed by atoms with Gasteiger partial charge in [0.1, 0.15) is 0 Å². The summed E-state index contributed by atoms with van der Waals surface area (Å²) in [7, 11) is 0. The third kappa shape index (κ3) is 4.88. The number of nitro groups is 1. The SMILES string of the molecule is CCCCC=C(CCC)[N+](=O)[O-]. The van der Waals surface area contributed by atoms with Crippen LogP contribution in [-0.4, -0.2) is 4.92 Å². The summed E-state index contributed by atoms with van der Waals surface area (Å²) in [6.07, 6.45) is 6.17. The van der Waals surface area contributed by atoms with Crippen molar-refractivity contribution in [2.24, 2.45) is 0 Å². The fourth-order valence-corrected chi connectivity index (χ4v) is 0.997. The van der Waals surface area contributed by atoms with E-state index in [0.717, 1.165) is 25.7 Å². The Morgan fingerprint density at radius 1 is 1.42 bits per heavy atom. The molecule has 0 aromatic heterocycles. The van der Waals surface area contributed by atoms with E-state index in [2.05, 4.69) is 6.92 Å². The fraction of sp³-hybridized carbons (Fsp3) is 0.778. The number of hydrogen-bond donors (Lipinski definition) is 0. The van der Waals surface area contributed by atoms with Crippen LogP contribution in [0.5, 0.6) is 0 Å². The number of rotatable bonds is 6. The summed E-state index contributed by atoms with van der Waals surface area (Å²) in [5, 5.41) is 10.4. The highest BCUT2D eigenvalue weighted by atomic mass is 16.6. The highest BCUT2D eigenvalue weighted by Crippen LogP contribution is 2.08. The first-order valence-electron chi connectivity index (χ1n) is 4.55. The van der Waals surface area contributed by atoms with Crippen LogP contribution in [-0.2, 0) is 0 Å². The summed E-state index contributed by atoms with van der Waals surface area (Å²) in [5.74, 6) is 0. The van der Waals surface area contributed by atoms with E-state index < -0.39 is 0 Å². The van der Waals surface area contributed by atoms with Crippen LogP contribution in [0.15, 0.2) is 11.8 Å². The van der Waals surface area contributed by atoms with Crippen LogP contribution in [0.1, 0.15) is 46.0 Å². The van der Waals surface area contributed by atoms with Gasteiger partial charge in [0.25, 0.3) is 0 Å². The molecule has 0 spiro atoms. The van der Waals surface area contributed by atoms with Crippen LogP contribution in [0.2, 0.25) is 0 Å². The first kappa shape index (κ1) is 11.1.